The third-order valence-corrected chi connectivity index (χ3v) is 6.01. The van der Waals surface area contributed by atoms with E-state index in [4.69, 9.17) is 25.8 Å². The molecule has 0 saturated carbocycles. The van der Waals surface area contributed by atoms with Crippen LogP contribution < -0.4 is 14.4 Å². The van der Waals surface area contributed by atoms with E-state index in [0.29, 0.717) is 33.3 Å². The molecule has 2 amide bonds. The molecule has 5 rings (SSSR count). The fourth-order valence-electron chi connectivity index (χ4n) is 4.26. The Hall–Kier alpha value is -3.26. The molecular weight excluding hydrogens is 412 g/mol. The van der Waals surface area contributed by atoms with Crippen LogP contribution >= 0.6 is 11.6 Å². The lowest BCUT2D eigenvalue weighted by atomic mass is 9.97. The summed E-state index contributed by atoms with van der Waals surface area (Å²) in [6, 6.07) is 10.1. The van der Waals surface area contributed by atoms with E-state index in [1.54, 1.807) is 36.4 Å². The number of esters is 1. The van der Waals surface area contributed by atoms with Gasteiger partial charge in [-0.25, -0.2) is 4.79 Å². The third-order valence-electron chi connectivity index (χ3n) is 5.73. The zero-order valence-corrected chi connectivity index (χ0v) is 16.8. The van der Waals surface area contributed by atoms with Crippen molar-refractivity contribution in [2.45, 2.75) is 25.1 Å². The van der Waals surface area contributed by atoms with Gasteiger partial charge in [-0.3, -0.25) is 14.5 Å². The maximum atomic E-state index is 13.3. The minimum absolute atomic E-state index is 0.0742. The van der Waals surface area contributed by atoms with E-state index in [9.17, 15) is 14.4 Å². The number of para-hydroxylation sites is 1. The first kappa shape index (κ1) is 18.7. The van der Waals surface area contributed by atoms with E-state index >= 15 is 0 Å². The first-order chi connectivity index (χ1) is 14.4. The molecule has 30 heavy (non-hydrogen) atoms. The first-order valence-electron chi connectivity index (χ1n) is 9.39. The number of carbonyl (C=O) groups excluding carboxylic acids is 3. The Kier molecular flexibility index (Phi) is 4.14. The molecule has 2 aromatic rings. The van der Waals surface area contributed by atoms with Gasteiger partial charge in [0.2, 0.25) is 18.4 Å². The van der Waals surface area contributed by atoms with Crippen LogP contribution in [0.1, 0.15) is 28.8 Å². The van der Waals surface area contributed by atoms with E-state index in [-0.39, 0.29) is 38.1 Å². The number of rotatable bonds is 3. The summed E-state index contributed by atoms with van der Waals surface area (Å²) in [4.78, 5) is 41.7. The number of carbonyl (C=O) groups is 3. The summed E-state index contributed by atoms with van der Waals surface area (Å²) in [5, 5.41) is 0.353. The Bertz CT molecular complexity index is 1100. The van der Waals surface area contributed by atoms with Crippen molar-refractivity contribution in [2.75, 3.05) is 18.7 Å². The van der Waals surface area contributed by atoms with Crippen molar-refractivity contribution in [3.05, 3.63) is 52.5 Å². The molecule has 0 aromatic heterocycles. The topological polar surface area (TPSA) is 85.4 Å². The minimum atomic E-state index is -1.51. The molecular formula is C21H17ClN2O6. The van der Waals surface area contributed by atoms with Crippen LogP contribution in [0.15, 0.2) is 36.4 Å². The Morgan fingerprint density at radius 3 is 2.87 bits per heavy atom. The van der Waals surface area contributed by atoms with Crippen LogP contribution in [-0.4, -0.2) is 42.2 Å². The van der Waals surface area contributed by atoms with Gasteiger partial charge < -0.3 is 19.1 Å². The van der Waals surface area contributed by atoms with Gasteiger partial charge in [-0.1, -0.05) is 23.7 Å². The molecule has 154 valence electrons. The standard InChI is InChI=1S/C21H17ClN2O6/c1-23-19(26)13-4-2-3-5-15(13)24-17(25)6-7-21(23,24)20(27)28-10-12-8-14(22)18-16(9-12)29-11-30-18/h2-5,8-9H,6-7,10-11H2,1H3. The number of amides is 2. The van der Waals surface area contributed by atoms with E-state index in [1.807, 2.05) is 0 Å². The lowest BCUT2D eigenvalue weighted by molar-refractivity contribution is -0.157. The summed E-state index contributed by atoms with van der Waals surface area (Å²) >= 11 is 6.19. The first-order valence-corrected chi connectivity index (χ1v) is 9.77. The molecule has 9 heteroatoms. The monoisotopic (exact) mass is 428 g/mol. The van der Waals surface area contributed by atoms with Crippen molar-refractivity contribution in [2.24, 2.45) is 0 Å². The number of ether oxygens (including phenoxy) is 3. The van der Waals surface area contributed by atoms with Gasteiger partial charge in [-0.15, -0.1) is 0 Å². The molecule has 1 fully saturated rings. The van der Waals surface area contributed by atoms with E-state index in [2.05, 4.69) is 0 Å². The molecule has 3 aliphatic rings. The fourth-order valence-corrected chi connectivity index (χ4v) is 4.55. The van der Waals surface area contributed by atoms with Crippen LogP contribution in [0, 0.1) is 0 Å². The van der Waals surface area contributed by atoms with E-state index < -0.39 is 11.6 Å². The average molecular weight is 429 g/mol. The Labute approximate surface area is 176 Å². The predicted molar refractivity (Wildman–Crippen MR) is 105 cm³/mol. The number of nitrogens with zero attached hydrogens (tertiary/aromatic N) is 2. The van der Waals surface area contributed by atoms with Crippen molar-refractivity contribution in [1.82, 2.24) is 4.90 Å². The number of halogens is 1. The van der Waals surface area contributed by atoms with Crippen molar-refractivity contribution >= 4 is 35.1 Å². The van der Waals surface area contributed by atoms with Gasteiger partial charge in [0.15, 0.2) is 11.5 Å². The highest BCUT2D eigenvalue weighted by Gasteiger charge is 2.60. The number of anilines is 1. The predicted octanol–water partition coefficient (Wildman–Crippen LogP) is 2.72. The molecule has 1 saturated heterocycles. The number of hydrogen-bond acceptors (Lipinski definition) is 6. The summed E-state index contributed by atoms with van der Waals surface area (Å²) in [6.07, 6.45) is 0.292. The van der Waals surface area contributed by atoms with Crippen molar-refractivity contribution in [1.29, 1.82) is 0 Å². The summed E-state index contributed by atoms with van der Waals surface area (Å²) in [5.41, 5.74) is -0.106. The zero-order valence-electron chi connectivity index (χ0n) is 16.0. The van der Waals surface area contributed by atoms with Crippen LogP contribution in [0.4, 0.5) is 5.69 Å². The van der Waals surface area contributed by atoms with Gasteiger partial charge in [0.05, 0.1) is 16.3 Å². The molecule has 0 radical (unpaired) electrons. The second-order valence-corrected chi connectivity index (χ2v) is 7.72. The summed E-state index contributed by atoms with van der Waals surface area (Å²) < 4.78 is 16.2. The highest BCUT2D eigenvalue weighted by atomic mass is 35.5. The quantitative estimate of drug-likeness (QED) is 0.699. The van der Waals surface area contributed by atoms with Gasteiger partial charge in [-0.2, -0.15) is 0 Å². The van der Waals surface area contributed by atoms with E-state index in [0.717, 1.165) is 0 Å². The normalized spacial score (nSPS) is 21.5. The van der Waals surface area contributed by atoms with E-state index in [1.165, 1.54) is 16.8 Å². The molecule has 8 nitrogen and oxygen atoms in total. The molecule has 0 spiro atoms. The Balaban J connectivity index is 1.47. The highest BCUT2D eigenvalue weighted by molar-refractivity contribution is 6.32. The molecule has 3 heterocycles. The zero-order chi connectivity index (χ0) is 21.0. The molecule has 2 aromatic carbocycles. The Morgan fingerprint density at radius 1 is 1.23 bits per heavy atom. The summed E-state index contributed by atoms with van der Waals surface area (Å²) in [5.74, 6) is -0.313. The largest absolute Gasteiger partial charge is 0.458 e. The van der Waals surface area contributed by atoms with Gasteiger partial charge in [0.1, 0.15) is 6.61 Å². The number of likely N-dealkylation sites (N-methyl/N-ethyl adjacent to an activating group) is 1. The highest BCUT2D eigenvalue weighted by Crippen LogP contribution is 2.45. The number of hydrogen-bond donors (Lipinski definition) is 0. The molecule has 1 unspecified atom stereocenters. The van der Waals surface area contributed by atoms with Crippen LogP contribution in [0.25, 0.3) is 0 Å². The number of fused-ring (bicyclic) bond motifs is 4. The smallest absolute Gasteiger partial charge is 0.354 e. The summed E-state index contributed by atoms with van der Waals surface area (Å²) in [7, 11) is 1.52. The van der Waals surface area contributed by atoms with Crippen molar-refractivity contribution < 1.29 is 28.6 Å². The number of benzene rings is 2. The van der Waals surface area contributed by atoms with Crippen molar-refractivity contribution in [3.8, 4) is 11.5 Å². The average Bonchev–Trinajstić information content (AvgIpc) is 3.36. The second kappa shape index (κ2) is 6.63. The van der Waals surface area contributed by atoms with Gasteiger partial charge >= 0.3 is 5.97 Å². The molecule has 3 aliphatic heterocycles. The third kappa shape index (κ3) is 2.50. The lowest BCUT2D eigenvalue weighted by Crippen LogP contribution is -2.67. The summed E-state index contributed by atoms with van der Waals surface area (Å²) in [6.45, 7) is -0.0204. The van der Waals surface area contributed by atoms with Gasteiger partial charge in [0.25, 0.3) is 5.91 Å². The van der Waals surface area contributed by atoms with Gasteiger partial charge in [-0.05, 0) is 29.8 Å². The van der Waals surface area contributed by atoms with Gasteiger partial charge in [0, 0.05) is 19.9 Å². The fraction of sp³-hybridized carbons (Fsp3) is 0.286. The maximum absolute atomic E-state index is 13.3. The second-order valence-electron chi connectivity index (χ2n) is 7.31. The molecule has 0 bridgehead atoms. The minimum Gasteiger partial charge on any atom is -0.458 e. The maximum Gasteiger partial charge on any atom is 0.354 e. The van der Waals surface area contributed by atoms with Crippen LogP contribution in [-0.2, 0) is 20.9 Å². The SMILES string of the molecule is CN1C(=O)c2ccccc2N2C(=O)CCC12C(=O)OCc1cc(Cl)c2c(c1)OCO2. The molecule has 0 aliphatic carbocycles. The van der Waals surface area contributed by atoms with Crippen LogP contribution in [0.5, 0.6) is 11.5 Å². The molecule has 1 atom stereocenters. The Morgan fingerprint density at radius 2 is 2.03 bits per heavy atom. The molecule has 0 N–H and O–H groups in total. The van der Waals surface area contributed by atoms with Crippen LogP contribution in [0.3, 0.4) is 0 Å². The lowest BCUT2D eigenvalue weighted by Gasteiger charge is -2.46. The van der Waals surface area contributed by atoms with Crippen LogP contribution in [0.2, 0.25) is 5.02 Å². The van der Waals surface area contributed by atoms with Crippen molar-refractivity contribution in [3.63, 3.8) is 0 Å².